The van der Waals surface area contributed by atoms with Crippen molar-refractivity contribution >= 4 is 11.9 Å². The number of hydrogen-bond donors (Lipinski definition) is 1. The molecule has 0 saturated heterocycles. The zero-order chi connectivity index (χ0) is 32.0. The van der Waals surface area contributed by atoms with Gasteiger partial charge in [-0.05, 0) is 66.6 Å². The standard InChI is InChI=1S/C35H43F3N2O4/c1-3-5-7-9-10-11-12-14-25-23-39-32(40-24-25)28-20-21-29(33(41)42)30(22-28)26-16-18-27(19-17-26)34(43)44-31(35(36,37)38)15-13-8-6-4-2/h16-24,31H,3-15H2,1-2H3,(H,41,42)/t31-/m0/s1. The Hall–Kier alpha value is -3.75. The number of esters is 1. The maximum absolute atomic E-state index is 13.5. The highest BCUT2D eigenvalue weighted by Gasteiger charge is 2.42. The third kappa shape index (κ3) is 10.8. The molecule has 3 aromatic rings. The van der Waals surface area contributed by atoms with Gasteiger partial charge >= 0.3 is 18.1 Å². The summed E-state index contributed by atoms with van der Waals surface area (Å²) in [6.45, 7) is 4.17. The maximum atomic E-state index is 13.5. The number of nitrogens with zero attached hydrogens (tertiary/aromatic N) is 2. The van der Waals surface area contributed by atoms with Crippen LogP contribution >= 0.6 is 0 Å². The van der Waals surface area contributed by atoms with Crippen LogP contribution in [0.1, 0.15) is 117 Å². The predicted octanol–water partition coefficient (Wildman–Crippen LogP) is 9.86. The summed E-state index contributed by atoms with van der Waals surface area (Å²) in [6, 6.07) is 10.5. The Morgan fingerprint density at radius 2 is 1.36 bits per heavy atom. The van der Waals surface area contributed by atoms with Crippen molar-refractivity contribution in [2.45, 2.75) is 110 Å². The van der Waals surface area contributed by atoms with Crippen molar-refractivity contribution in [1.29, 1.82) is 0 Å². The lowest BCUT2D eigenvalue weighted by atomic mass is 9.96. The van der Waals surface area contributed by atoms with E-state index in [0.29, 0.717) is 35.4 Å². The molecule has 0 radical (unpaired) electrons. The molecule has 0 aliphatic rings. The Kier molecular flexibility index (Phi) is 13.8. The first-order valence-corrected chi connectivity index (χ1v) is 15.7. The second-order valence-electron chi connectivity index (χ2n) is 11.2. The molecule has 0 aliphatic carbocycles. The lowest BCUT2D eigenvalue weighted by Gasteiger charge is -2.20. The number of carbonyl (C=O) groups is 2. The largest absolute Gasteiger partial charge is 0.478 e. The molecule has 1 heterocycles. The van der Waals surface area contributed by atoms with Crippen molar-refractivity contribution in [2.75, 3.05) is 0 Å². The molecule has 238 valence electrons. The fraction of sp³-hybridized carbons (Fsp3) is 0.486. The van der Waals surface area contributed by atoms with Crippen LogP contribution in [-0.2, 0) is 11.2 Å². The fourth-order valence-electron chi connectivity index (χ4n) is 5.06. The van der Waals surface area contributed by atoms with E-state index in [1.807, 2.05) is 6.92 Å². The molecule has 0 amide bonds. The smallest absolute Gasteiger partial charge is 0.425 e. The summed E-state index contributed by atoms with van der Waals surface area (Å²) in [5, 5.41) is 9.80. The van der Waals surface area contributed by atoms with Crippen LogP contribution in [0.4, 0.5) is 13.2 Å². The Bertz CT molecular complexity index is 1330. The number of halogens is 3. The van der Waals surface area contributed by atoms with Gasteiger partial charge in [-0.25, -0.2) is 19.6 Å². The van der Waals surface area contributed by atoms with Gasteiger partial charge < -0.3 is 9.84 Å². The van der Waals surface area contributed by atoms with Crippen LogP contribution in [0.15, 0.2) is 54.9 Å². The average Bonchev–Trinajstić information content (AvgIpc) is 3.01. The Labute approximate surface area is 258 Å². The molecule has 2 aromatic carbocycles. The number of carboxylic acid groups (broad SMARTS) is 1. The Morgan fingerprint density at radius 1 is 0.795 bits per heavy atom. The molecular formula is C35H43F3N2O4. The minimum absolute atomic E-state index is 0.0313. The first-order chi connectivity index (χ1) is 21.1. The molecule has 3 rings (SSSR count). The van der Waals surface area contributed by atoms with Crippen LogP contribution < -0.4 is 0 Å². The van der Waals surface area contributed by atoms with Gasteiger partial charge in [-0.15, -0.1) is 0 Å². The molecule has 44 heavy (non-hydrogen) atoms. The van der Waals surface area contributed by atoms with E-state index < -0.39 is 24.2 Å². The number of carboxylic acids is 1. The lowest BCUT2D eigenvalue weighted by molar-refractivity contribution is -0.206. The van der Waals surface area contributed by atoms with Crippen LogP contribution in [0.3, 0.4) is 0 Å². The molecule has 9 heteroatoms. The van der Waals surface area contributed by atoms with Gasteiger partial charge in [0.1, 0.15) is 0 Å². The average molecular weight is 613 g/mol. The molecule has 0 saturated carbocycles. The van der Waals surface area contributed by atoms with E-state index in [9.17, 15) is 27.9 Å². The van der Waals surface area contributed by atoms with Gasteiger partial charge in [-0.2, -0.15) is 13.2 Å². The van der Waals surface area contributed by atoms with Crippen LogP contribution in [-0.4, -0.2) is 39.3 Å². The third-order valence-electron chi connectivity index (χ3n) is 7.65. The molecule has 0 aliphatic heterocycles. The van der Waals surface area contributed by atoms with Crippen molar-refractivity contribution in [3.8, 4) is 22.5 Å². The summed E-state index contributed by atoms with van der Waals surface area (Å²) in [5.41, 5.74) is 2.49. The highest BCUT2D eigenvalue weighted by Crippen LogP contribution is 2.31. The number of hydrogen-bond acceptors (Lipinski definition) is 5. The van der Waals surface area contributed by atoms with E-state index in [-0.39, 0.29) is 17.5 Å². The van der Waals surface area contributed by atoms with E-state index >= 15 is 0 Å². The zero-order valence-electron chi connectivity index (χ0n) is 25.7. The molecule has 6 nitrogen and oxygen atoms in total. The molecule has 0 bridgehead atoms. The summed E-state index contributed by atoms with van der Waals surface area (Å²) in [5.74, 6) is -1.77. The molecule has 0 spiro atoms. The van der Waals surface area contributed by atoms with E-state index in [1.54, 1.807) is 24.5 Å². The molecule has 1 atom stereocenters. The number of aromatic nitrogens is 2. The number of unbranched alkanes of at least 4 members (excludes halogenated alkanes) is 9. The summed E-state index contributed by atoms with van der Waals surface area (Å²) in [6.07, 6.45) is 8.56. The van der Waals surface area contributed by atoms with Gasteiger partial charge in [-0.3, -0.25) is 0 Å². The summed E-state index contributed by atoms with van der Waals surface area (Å²) < 4.78 is 45.3. The number of carbonyl (C=O) groups excluding carboxylic acids is 1. The second-order valence-corrected chi connectivity index (χ2v) is 11.2. The van der Waals surface area contributed by atoms with Gasteiger partial charge in [0.15, 0.2) is 11.9 Å². The number of benzene rings is 2. The van der Waals surface area contributed by atoms with Gasteiger partial charge in [0.05, 0.1) is 11.1 Å². The van der Waals surface area contributed by atoms with E-state index in [4.69, 9.17) is 4.74 Å². The van der Waals surface area contributed by atoms with Gasteiger partial charge in [0, 0.05) is 18.0 Å². The number of alkyl halides is 3. The highest BCUT2D eigenvalue weighted by molar-refractivity contribution is 5.97. The van der Waals surface area contributed by atoms with Crippen molar-refractivity contribution in [3.63, 3.8) is 0 Å². The van der Waals surface area contributed by atoms with Crippen LogP contribution in [0.5, 0.6) is 0 Å². The first-order valence-electron chi connectivity index (χ1n) is 15.7. The molecule has 1 N–H and O–H groups in total. The van der Waals surface area contributed by atoms with Crippen molar-refractivity contribution < 1.29 is 32.6 Å². The van der Waals surface area contributed by atoms with Gasteiger partial charge in [0.25, 0.3) is 0 Å². The van der Waals surface area contributed by atoms with Crippen molar-refractivity contribution in [2.24, 2.45) is 0 Å². The van der Waals surface area contributed by atoms with Gasteiger partial charge in [-0.1, -0.05) is 89.8 Å². The number of rotatable bonds is 18. The van der Waals surface area contributed by atoms with Crippen LogP contribution in [0, 0.1) is 0 Å². The SMILES string of the molecule is CCCCCCCCCc1cnc(-c2ccc(C(=O)O)c(-c3ccc(C(=O)O[C@@H](CCCCCC)C(F)(F)F)cc3)c2)nc1. The quantitative estimate of drug-likeness (QED) is 0.114. The van der Waals surface area contributed by atoms with Gasteiger partial charge in [0.2, 0.25) is 0 Å². The molecule has 1 aromatic heterocycles. The number of ether oxygens (including phenoxy) is 1. The minimum atomic E-state index is -4.66. The van der Waals surface area contributed by atoms with Crippen molar-refractivity contribution in [1.82, 2.24) is 9.97 Å². The minimum Gasteiger partial charge on any atom is -0.478 e. The highest BCUT2D eigenvalue weighted by atomic mass is 19.4. The third-order valence-corrected chi connectivity index (χ3v) is 7.65. The predicted molar refractivity (Wildman–Crippen MR) is 166 cm³/mol. The summed E-state index contributed by atoms with van der Waals surface area (Å²) >= 11 is 0. The van der Waals surface area contributed by atoms with Crippen LogP contribution in [0.2, 0.25) is 0 Å². The van der Waals surface area contributed by atoms with E-state index in [0.717, 1.165) is 31.2 Å². The second kappa shape index (κ2) is 17.5. The zero-order valence-corrected chi connectivity index (χ0v) is 25.7. The van der Waals surface area contributed by atoms with Crippen LogP contribution in [0.25, 0.3) is 22.5 Å². The number of aryl methyl sites for hydroxylation is 1. The topological polar surface area (TPSA) is 89.4 Å². The molecule has 0 unspecified atom stereocenters. The molecular weight excluding hydrogens is 569 g/mol. The Morgan fingerprint density at radius 3 is 1.95 bits per heavy atom. The monoisotopic (exact) mass is 612 g/mol. The van der Waals surface area contributed by atoms with E-state index in [1.165, 1.54) is 68.9 Å². The summed E-state index contributed by atoms with van der Waals surface area (Å²) in [4.78, 5) is 33.6. The van der Waals surface area contributed by atoms with Crippen molar-refractivity contribution in [3.05, 3.63) is 71.5 Å². The maximum Gasteiger partial charge on any atom is 0.425 e. The first kappa shape index (κ1) is 34.7. The lowest BCUT2D eigenvalue weighted by Crippen LogP contribution is -2.33. The fourth-order valence-corrected chi connectivity index (χ4v) is 5.06. The summed E-state index contributed by atoms with van der Waals surface area (Å²) in [7, 11) is 0. The normalized spacial score (nSPS) is 12.2. The number of aromatic carboxylic acids is 1. The Balaban J connectivity index is 1.71. The molecule has 0 fully saturated rings. The van der Waals surface area contributed by atoms with E-state index in [2.05, 4.69) is 16.9 Å².